The van der Waals surface area contributed by atoms with Crippen LogP contribution in [0.4, 0.5) is 0 Å². The molecule has 2 atom stereocenters. The van der Waals surface area contributed by atoms with Crippen molar-refractivity contribution in [2.45, 2.75) is 58.9 Å². The second kappa shape index (κ2) is 12.0. The van der Waals surface area contributed by atoms with Gasteiger partial charge in [-0.25, -0.2) is 4.99 Å². The fourth-order valence-electron chi connectivity index (χ4n) is 2.73. The number of aliphatic imine (C=N–C) groups is 1. The van der Waals surface area contributed by atoms with Crippen LogP contribution in [0.5, 0.6) is 0 Å². The highest BCUT2D eigenvalue weighted by Crippen LogP contribution is 2.39. The largest absolute Gasteiger partial charge is 0.369 e. The maximum absolute atomic E-state index is 12.2. The van der Waals surface area contributed by atoms with Gasteiger partial charge in [-0.1, -0.05) is 27.7 Å². The van der Waals surface area contributed by atoms with Crippen molar-refractivity contribution in [2.24, 2.45) is 28.3 Å². The summed E-state index contributed by atoms with van der Waals surface area (Å²) >= 11 is 0. The van der Waals surface area contributed by atoms with Gasteiger partial charge in [0.05, 0.1) is 12.0 Å². The minimum atomic E-state index is -0.343. The average molecular weight is 348 g/mol. The number of primary amides is 1. The van der Waals surface area contributed by atoms with E-state index in [1.54, 1.807) is 0 Å². The van der Waals surface area contributed by atoms with Crippen LogP contribution in [-0.4, -0.2) is 34.8 Å². The number of hydrogen-bond donors (Lipinski definition) is 2. The number of nitrogens with two attached hydrogens (primary N) is 2. The topological polar surface area (TPSA) is 102 Å². The molecule has 0 spiro atoms. The predicted molar refractivity (Wildman–Crippen MR) is 103 cm³/mol. The third-order valence-corrected chi connectivity index (χ3v) is 4.43. The first kappa shape index (κ1) is 24.8. The van der Waals surface area contributed by atoms with E-state index in [0.717, 1.165) is 19.3 Å². The smallest absolute Gasteiger partial charge is 0.231 e. The van der Waals surface area contributed by atoms with E-state index >= 15 is 0 Å². The number of rotatable bonds is 5. The minimum Gasteiger partial charge on any atom is -0.369 e. The molecule has 0 aromatic carbocycles. The Morgan fingerprint density at radius 1 is 1.24 bits per heavy atom. The van der Waals surface area contributed by atoms with Crippen molar-refractivity contribution >= 4 is 17.8 Å². The van der Waals surface area contributed by atoms with Crippen LogP contribution in [0.25, 0.3) is 0 Å². The number of hydrogen-bond acceptors (Lipinski definition) is 4. The first-order valence-corrected chi connectivity index (χ1v) is 8.54. The molecule has 0 aromatic rings. The molecule has 1 heterocycles. The van der Waals surface area contributed by atoms with Gasteiger partial charge >= 0.3 is 0 Å². The van der Waals surface area contributed by atoms with Crippen LogP contribution >= 0.6 is 0 Å². The maximum atomic E-state index is 12.2. The first-order chi connectivity index (χ1) is 11.9. The van der Waals surface area contributed by atoms with Crippen LogP contribution in [0.2, 0.25) is 0 Å². The molecule has 140 valence electrons. The zero-order chi connectivity index (χ0) is 20.2. The quantitative estimate of drug-likeness (QED) is 0.740. The Morgan fingerprint density at radius 2 is 1.72 bits per heavy atom. The zero-order valence-electron chi connectivity index (χ0n) is 15.9. The van der Waals surface area contributed by atoms with Crippen LogP contribution in [0.1, 0.15) is 53.4 Å². The lowest BCUT2D eigenvalue weighted by molar-refractivity contribution is -0.130. The molecule has 0 bridgehead atoms. The van der Waals surface area contributed by atoms with Gasteiger partial charge in [-0.2, -0.15) is 0 Å². The Kier molecular flexibility index (Phi) is 11.9. The third-order valence-electron chi connectivity index (χ3n) is 4.43. The second-order valence-electron chi connectivity index (χ2n) is 5.59. The summed E-state index contributed by atoms with van der Waals surface area (Å²) < 4.78 is 0. The number of guanidine groups is 1. The van der Waals surface area contributed by atoms with Crippen LogP contribution in [0, 0.1) is 37.5 Å². The predicted octanol–water partition coefficient (Wildman–Crippen LogP) is 1.74. The molecule has 0 radical (unpaired) electrons. The van der Waals surface area contributed by atoms with E-state index < -0.39 is 0 Å². The lowest BCUT2D eigenvalue weighted by Gasteiger charge is -2.36. The third kappa shape index (κ3) is 6.51. The summed E-state index contributed by atoms with van der Waals surface area (Å²) in [6, 6.07) is 0. The number of terminal acetylenes is 2. The highest BCUT2D eigenvalue weighted by Gasteiger charge is 2.45. The van der Waals surface area contributed by atoms with Gasteiger partial charge in [0, 0.05) is 12.5 Å². The Labute approximate surface area is 152 Å². The molecular weight excluding hydrogens is 316 g/mol. The van der Waals surface area contributed by atoms with Crippen LogP contribution in [0.3, 0.4) is 0 Å². The van der Waals surface area contributed by atoms with Gasteiger partial charge in [0.2, 0.25) is 11.8 Å². The fourth-order valence-corrected chi connectivity index (χ4v) is 2.73. The van der Waals surface area contributed by atoms with Crippen molar-refractivity contribution in [3.8, 4) is 25.7 Å². The molecule has 25 heavy (non-hydrogen) atoms. The molecule has 6 heteroatoms. The van der Waals surface area contributed by atoms with Crippen molar-refractivity contribution in [1.82, 2.24) is 4.90 Å². The van der Waals surface area contributed by atoms with Crippen LogP contribution < -0.4 is 11.5 Å². The van der Waals surface area contributed by atoms with Gasteiger partial charge < -0.3 is 11.5 Å². The Balaban J connectivity index is 0. The monoisotopic (exact) mass is 348 g/mol. The van der Waals surface area contributed by atoms with Gasteiger partial charge in [0.25, 0.3) is 0 Å². The number of nitrogens with zero attached hydrogens (tertiary/aromatic N) is 2. The molecule has 1 aliphatic carbocycles. The van der Waals surface area contributed by atoms with E-state index in [1.807, 2.05) is 27.7 Å². The molecule has 1 aliphatic heterocycles. The Morgan fingerprint density at radius 3 is 2.04 bits per heavy atom. The molecule has 6 nitrogen and oxygen atoms in total. The summed E-state index contributed by atoms with van der Waals surface area (Å²) in [5.74, 6) is 0.0402. The second-order valence-corrected chi connectivity index (χ2v) is 5.59. The lowest BCUT2D eigenvalue weighted by atomic mass is 9.88. The summed E-state index contributed by atoms with van der Waals surface area (Å²) in [7, 11) is 0. The normalized spacial score (nSPS) is 22.5. The van der Waals surface area contributed by atoms with Gasteiger partial charge in [-0.05, 0) is 25.2 Å². The summed E-state index contributed by atoms with van der Waals surface area (Å²) in [5.41, 5.74) is 10.8. The molecule has 0 saturated heterocycles. The van der Waals surface area contributed by atoms with Crippen LogP contribution in [-0.2, 0) is 9.59 Å². The van der Waals surface area contributed by atoms with E-state index in [9.17, 15) is 9.59 Å². The number of carbonyl (C=O) groups excluding carboxylic acids is 2. The van der Waals surface area contributed by atoms with Crippen molar-refractivity contribution in [2.75, 3.05) is 6.54 Å². The molecule has 1 fully saturated rings. The fraction of sp³-hybridized carbons (Fsp3) is 0.632. The Bertz CT molecular complexity index is 498. The summed E-state index contributed by atoms with van der Waals surface area (Å²) in [6.45, 7) is 8.51. The number of amides is 2. The van der Waals surface area contributed by atoms with Crippen molar-refractivity contribution < 1.29 is 9.59 Å². The van der Waals surface area contributed by atoms with E-state index in [0.29, 0.717) is 13.0 Å². The minimum absolute atomic E-state index is 0.00585. The van der Waals surface area contributed by atoms with Gasteiger partial charge in [0.15, 0.2) is 5.96 Å². The summed E-state index contributed by atoms with van der Waals surface area (Å²) in [6.07, 6.45) is 18.8. The highest BCUT2D eigenvalue weighted by atomic mass is 16.2. The van der Waals surface area contributed by atoms with E-state index in [4.69, 9.17) is 11.5 Å². The van der Waals surface area contributed by atoms with E-state index in [1.165, 1.54) is 4.90 Å². The van der Waals surface area contributed by atoms with Crippen molar-refractivity contribution in [1.29, 1.82) is 0 Å². The highest BCUT2D eigenvalue weighted by molar-refractivity contribution is 5.99. The Hall–Kier alpha value is -2.47. The molecule has 4 N–H and O–H groups in total. The first-order valence-electron chi connectivity index (χ1n) is 8.54. The molecule has 0 aromatic heterocycles. The molecule has 2 amide bonds. The standard InChI is InChI=1S/C13H22N4O2.C2H6.2C2H2/c1-3-13(4-2)6-10(18)17(12(15)16-13)7-8-5-9(8)11(14)19;3*1-2/h8-9H,3-7H2,1-2H3,(H2,14,19)(H2,15,16);1-2H3;2*1-2H/t8-,9?;;;/m1.../s1. The van der Waals surface area contributed by atoms with E-state index in [2.05, 4.69) is 30.7 Å². The summed E-state index contributed by atoms with van der Waals surface area (Å²) in [4.78, 5) is 29.3. The summed E-state index contributed by atoms with van der Waals surface area (Å²) in [5, 5.41) is 0. The molecule has 1 unspecified atom stereocenters. The van der Waals surface area contributed by atoms with Crippen molar-refractivity contribution in [3.05, 3.63) is 0 Å². The van der Waals surface area contributed by atoms with E-state index in [-0.39, 0.29) is 35.1 Å². The van der Waals surface area contributed by atoms with Gasteiger partial charge in [0.1, 0.15) is 0 Å². The number of carbonyl (C=O) groups is 2. The van der Waals surface area contributed by atoms with Crippen molar-refractivity contribution in [3.63, 3.8) is 0 Å². The maximum Gasteiger partial charge on any atom is 0.231 e. The van der Waals surface area contributed by atoms with Gasteiger partial charge in [-0.3, -0.25) is 14.5 Å². The van der Waals surface area contributed by atoms with Crippen LogP contribution in [0.15, 0.2) is 4.99 Å². The molecule has 2 aliphatic rings. The average Bonchev–Trinajstić information content (AvgIpc) is 3.43. The molecular formula is C19H32N4O2. The SMILES string of the molecule is C#C.C#C.CC.CCC1(CC)CC(=O)N(C[C@H]2CC2C(N)=O)C(N)=N1. The zero-order valence-corrected chi connectivity index (χ0v) is 15.9. The van der Waals surface area contributed by atoms with Gasteiger partial charge in [-0.15, -0.1) is 25.7 Å². The molecule has 2 rings (SSSR count). The molecule has 1 saturated carbocycles. The lowest BCUT2D eigenvalue weighted by Crippen LogP contribution is -2.52.